The molecule has 0 aliphatic rings. The van der Waals surface area contributed by atoms with Gasteiger partial charge in [-0.3, -0.25) is 4.79 Å². The number of ether oxygens (including phenoxy) is 1. The third-order valence-electron chi connectivity index (χ3n) is 4.96. The van der Waals surface area contributed by atoms with E-state index < -0.39 is 5.92 Å². The second-order valence-corrected chi connectivity index (χ2v) is 7.10. The van der Waals surface area contributed by atoms with Gasteiger partial charge < -0.3 is 20.5 Å². The number of hydrogen-bond acceptors (Lipinski definition) is 4. The van der Waals surface area contributed by atoms with Crippen LogP contribution in [-0.4, -0.2) is 31.2 Å². The molecule has 3 aromatic carbocycles. The van der Waals surface area contributed by atoms with Gasteiger partial charge in [0.1, 0.15) is 18.1 Å². The molecule has 0 saturated carbocycles. The summed E-state index contributed by atoms with van der Waals surface area (Å²) in [6.07, 6.45) is 1.96. The largest absolute Gasteiger partial charge is 0.508 e. The Labute approximate surface area is 183 Å². The number of carbonyl (C=O) groups excluding carboxylic acids is 1. The third-order valence-corrected chi connectivity index (χ3v) is 4.96. The second kappa shape index (κ2) is 11.0. The van der Waals surface area contributed by atoms with Crippen molar-refractivity contribution in [1.29, 1.82) is 0 Å². The summed E-state index contributed by atoms with van der Waals surface area (Å²) in [5.74, 6) is 0.242. The molecule has 160 valence electrons. The lowest BCUT2D eigenvalue weighted by molar-refractivity contribution is -0.116. The highest BCUT2D eigenvalue weighted by atomic mass is 16.5. The smallest absolute Gasteiger partial charge is 0.236 e. The highest BCUT2D eigenvalue weighted by Crippen LogP contribution is 2.34. The van der Waals surface area contributed by atoms with E-state index in [4.69, 9.17) is 4.74 Å². The van der Waals surface area contributed by atoms with Crippen LogP contribution in [0.1, 0.15) is 24.0 Å². The fourth-order valence-corrected chi connectivity index (χ4v) is 3.39. The van der Waals surface area contributed by atoms with Crippen molar-refractivity contribution in [2.45, 2.75) is 12.8 Å². The van der Waals surface area contributed by atoms with Gasteiger partial charge in [-0.25, -0.2) is 0 Å². The van der Waals surface area contributed by atoms with Crippen molar-refractivity contribution in [3.05, 3.63) is 96.1 Å². The standard InChI is InChI=1S/C26H28N2O3/c1-3-24(19-7-5-4-6-8-19)25(20-9-13-22(29)14-10-20)26(30)28-21-11-15-23(16-12-21)31-18-17-27-2/h3-16,25,27,29H,17-18H2,1-2H3,(H,28,30). The number of anilines is 1. The molecular weight excluding hydrogens is 388 g/mol. The van der Waals surface area contributed by atoms with E-state index in [1.807, 2.05) is 74.6 Å². The van der Waals surface area contributed by atoms with Crippen LogP contribution in [0.15, 0.2) is 84.9 Å². The maximum Gasteiger partial charge on any atom is 0.236 e. The second-order valence-electron chi connectivity index (χ2n) is 7.10. The van der Waals surface area contributed by atoms with Crippen molar-refractivity contribution >= 4 is 17.2 Å². The molecule has 0 saturated heterocycles. The van der Waals surface area contributed by atoms with Crippen molar-refractivity contribution in [3.8, 4) is 11.5 Å². The van der Waals surface area contributed by atoms with Gasteiger partial charge in [0.2, 0.25) is 5.91 Å². The molecule has 0 aromatic heterocycles. The molecule has 0 bridgehead atoms. The van der Waals surface area contributed by atoms with Crippen LogP contribution >= 0.6 is 0 Å². The third kappa shape index (κ3) is 5.96. The quantitative estimate of drug-likeness (QED) is 0.438. The van der Waals surface area contributed by atoms with Gasteiger partial charge in [-0.2, -0.15) is 0 Å². The molecule has 3 N–H and O–H groups in total. The van der Waals surface area contributed by atoms with E-state index in [1.165, 1.54) is 0 Å². The molecule has 0 aliphatic carbocycles. The topological polar surface area (TPSA) is 70.6 Å². The number of rotatable bonds is 9. The molecule has 3 aromatic rings. The zero-order chi connectivity index (χ0) is 22.1. The van der Waals surface area contributed by atoms with Gasteiger partial charge in [-0.15, -0.1) is 0 Å². The van der Waals surface area contributed by atoms with E-state index in [1.54, 1.807) is 24.3 Å². The monoisotopic (exact) mass is 416 g/mol. The molecule has 5 heteroatoms. The average Bonchev–Trinajstić information content (AvgIpc) is 2.80. The summed E-state index contributed by atoms with van der Waals surface area (Å²) in [6.45, 7) is 3.27. The minimum absolute atomic E-state index is 0.147. The van der Waals surface area contributed by atoms with Crippen molar-refractivity contribution in [3.63, 3.8) is 0 Å². The first kappa shape index (κ1) is 22.1. The van der Waals surface area contributed by atoms with Gasteiger partial charge in [-0.1, -0.05) is 48.5 Å². The Bertz CT molecular complexity index is 997. The molecule has 3 rings (SSSR count). The van der Waals surface area contributed by atoms with Crippen LogP contribution in [0.25, 0.3) is 5.57 Å². The highest BCUT2D eigenvalue weighted by molar-refractivity contribution is 6.04. The summed E-state index contributed by atoms with van der Waals surface area (Å²) < 4.78 is 5.64. The van der Waals surface area contributed by atoms with Crippen molar-refractivity contribution < 1.29 is 14.6 Å². The molecule has 0 radical (unpaired) electrons. The maximum atomic E-state index is 13.4. The van der Waals surface area contributed by atoms with Gasteiger partial charge in [0.05, 0.1) is 5.92 Å². The molecule has 1 unspecified atom stereocenters. The number of phenols is 1. The molecule has 0 aliphatic heterocycles. The minimum atomic E-state index is -0.528. The number of hydrogen-bond donors (Lipinski definition) is 3. The Balaban J connectivity index is 1.85. The van der Waals surface area contributed by atoms with Gasteiger partial charge in [-0.05, 0) is 67.1 Å². The Morgan fingerprint density at radius 1 is 1.00 bits per heavy atom. The zero-order valence-corrected chi connectivity index (χ0v) is 17.8. The van der Waals surface area contributed by atoms with Crippen LogP contribution in [0, 0.1) is 0 Å². The first-order valence-corrected chi connectivity index (χ1v) is 10.3. The Morgan fingerprint density at radius 2 is 1.68 bits per heavy atom. The van der Waals surface area contributed by atoms with Crippen molar-refractivity contribution in [2.75, 3.05) is 25.5 Å². The summed E-state index contributed by atoms with van der Waals surface area (Å²) in [7, 11) is 1.88. The number of nitrogens with one attached hydrogen (secondary N) is 2. The highest BCUT2D eigenvalue weighted by Gasteiger charge is 2.26. The van der Waals surface area contributed by atoms with E-state index in [9.17, 15) is 9.90 Å². The van der Waals surface area contributed by atoms with Crippen LogP contribution in [0.2, 0.25) is 0 Å². The van der Waals surface area contributed by atoms with Crippen LogP contribution in [-0.2, 0) is 4.79 Å². The molecule has 0 spiro atoms. The fourth-order valence-electron chi connectivity index (χ4n) is 3.39. The van der Waals surface area contributed by atoms with Gasteiger partial charge in [0.25, 0.3) is 0 Å². The van der Waals surface area contributed by atoms with E-state index in [0.717, 1.165) is 29.0 Å². The van der Waals surface area contributed by atoms with Crippen molar-refractivity contribution in [2.24, 2.45) is 0 Å². The van der Waals surface area contributed by atoms with Gasteiger partial charge >= 0.3 is 0 Å². The van der Waals surface area contributed by atoms with E-state index in [-0.39, 0.29) is 11.7 Å². The molecule has 1 atom stereocenters. The van der Waals surface area contributed by atoms with E-state index in [2.05, 4.69) is 10.6 Å². The lowest BCUT2D eigenvalue weighted by Crippen LogP contribution is -2.22. The Hall–Kier alpha value is -3.57. The van der Waals surface area contributed by atoms with Gasteiger partial charge in [0, 0.05) is 12.2 Å². The number of phenolic OH excluding ortho intramolecular Hbond substituents is 1. The summed E-state index contributed by atoms with van der Waals surface area (Å²) in [5, 5.41) is 15.8. The number of carbonyl (C=O) groups is 1. The molecule has 5 nitrogen and oxygen atoms in total. The minimum Gasteiger partial charge on any atom is -0.508 e. The fraction of sp³-hybridized carbons (Fsp3) is 0.192. The average molecular weight is 417 g/mol. The first-order chi connectivity index (χ1) is 15.1. The summed E-state index contributed by atoms with van der Waals surface area (Å²) in [5.41, 5.74) is 3.37. The van der Waals surface area contributed by atoms with Crippen LogP contribution in [0.5, 0.6) is 11.5 Å². The van der Waals surface area contributed by atoms with E-state index in [0.29, 0.717) is 12.3 Å². The SMILES string of the molecule is CC=C(c1ccccc1)C(C(=O)Nc1ccc(OCCNC)cc1)c1ccc(O)cc1. The molecule has 31 heavy (non-hydrogen) atoms. The summed E-state index contributed by atoms with van der Waals surface area (Å²) in [4.78, 5) is 13.4. The number of allylic oxidation sites excluding steroid dienone is 1. The number of likely N-dealkylation sites (N-methyl/N-ethyl adjacent to an activating group) is 1. The number of amides is 1. The van der Waals surface area contributed by atoms with E-state index >= 15 is 0 Å². The van der Waals surface area contributed by atoms with Crippen LogP contribution < -0.4 is 15.4 Å². The molecule has 1 amide bonds. The van der Waals surface area contributed by atoms with Crippen LogP contribution in [0.3, 0.4) is 0 Å². The lowest BCUT2D eigenvalue weighted by Gasteiger charge is -2.21. The summed E-state index contributed by atoms with van der Waals surface area (Å²) in [6, 6.07) is 24.0. The normalized spacial score (nSPS) is 12.3. The Kier molecular flexibility index (Phi) is 7.85. The Morgan fingerprint density at radius 3 is 2.29 bits per heavy atom. The van der Waals surface area contributed by atoms with Gasteiger partial charge in [0.15, 0.2) is 0 Å². The van der Waals surface area contributed by atoms with Crippen LogP contribution in [0.4, 0.5) is 5.69 Å². The first-order valence-electron chi connectivity index (χ1n) is 10.3. The maximum absolute atomic E-state index is 13.4. The number of aromatic hydroxyl groups is 1. The predicted octanol–water partition coefficient (Wildman–Crippen LogP) is 4.82. The summed E-state index contributed by atoms with van der Waals surface area (Å²) >= 11 is 0. The lowest BCUT2D eigenvalue weighted by atomic mass is 9.85. The molecule has 0 heterocycles. The molecule has 0 fully saturated rings. The predicted molar refractivity (Wildman–Crippen MR) is 125 cm³/mol. The van der Waals surface area contributed by atoms with Crippen molar-refractivity contribution in [1.82, 2.24) is 5.32 Å². The zero-order valence-electron chi connectivity index (χ0n) is 17.8. The number of benzene rings is 3. The molecular formula is C26H28N2O3.